The van der Waals surface area contributed by atoms with E-state index >= 15 is 0 Å². The van der Waals surface area contributed by atoms with Crippen LogP contribution in [-0.2, 0) is 0 Å². The number of rotatable bonds is 3. The molecule has 0 radical (unpaired) electrons. The van der Waals surface area contributed by atoms with Crippen LogP contribution in [0.15, 0.2) is 12.1 Å². The maximum absolute atomic E-state index is 12.3. The highest BCUT2D eigenvalue weighted by Crippen LogP contribution is 2.32. The normalized spacial score (nSPS) is 11.0. The largest absolute Gasteiger partial charge is 0.573 e. The van der Waals surface area contributed by atoms with Crippen LogP contribution in [0, 0.1) is 19.3 Å². The molecule has 0 atom stereocenters. The number of nitrogens with zero attached hydrogens (tertiary/aromatic N) is 1. The summed E-state index contributed by atoms with van der Waals surface area (Å²) in [5.74, 6) is -0.938. The van der Waals surface area contributed by atoms with E-state index in [4.69, 9.17) is 11.1 Å². The van der Waals surface area contributed by atoms with Crippen molar-refractivity contribution in [2.24, 2.45) is 5.73 Å². The molecule has 0 fully saturated rings. The van der Waals surface area contributed by atoms with Gasteiger partial charge in [0, 0.05) is 6.54 Å². The van der Waals surface area contributed by atoms with Gasteiger partial charge in [0.2, 0.25) is 5.96 Å². The minimum atomic E-state index is -4.81. The summed E-state index contributed by atoms with van der Waals surface area (Å²) >= 11 is 0. The van der Waals surface area contributed by atoms with E-state index in [9.17, 15) is 18.0 Å². The lowest BCUT2D eigenvalue weighted by Crippen LogP contribution is -2.47. The highest BCUT2D eigenvalue weighted by Gasteiger charge is 2.32. The highest BCUT2D eigenvalue weighted by atomic mass is 19.4. The molecular formula is C13H17F3N4O2. The molecule has 0 aromatic heterocycles. The number of halogens is 3. The number of ether oxygens (including phenoxy) is 1. The molecule has 22 heavy (non-hydrogen) atoms. The molecule has 0 saturated heterocycles. The van der Waals surface area contributed by atoms with Gasteiger partial charge < -0.3 is 15.8 Å². The second kappa shape index (κ2) is 6.54. The predicted octanol–water partition coefficient (Wildman–Crippen LogP) is 2.63. The van der Waals surface area contributed by atoms with Gasteiger partial charge in [-0.15, -0.1) is 13.2 Å². The maximum atomic E-state index is 12.3. The number of nitrogens with one attached hydrogen (secondary N) is 2. The fourth-order valence-corrected chi connectivity index (χ4v) is 2.02. The first-order valence-electron chi connectivity index (χ1n) is 6.35. The Labute approximate surface area is 125 Å². The lowest BCUT2D eigenvalue weighted by Gasteiger charge is -2.25. The van der Waals surface area contributed by atoms with E-state index in [2.05, 4.69) is 10.1 Å². The molecule has 9 heteroatoms. The van der Waals surface area contributed by atoms with Crippen LogP contribution in [0.25, 0.3) is 0 Å². The van der Waals surface area contributed by atoms with E-state index in [1.807, 2.05) is 0 Å². The molecule has 0 aliphatic rings. The summed E-state index contributed by atoms with van der Waals surface area (Å²) in [5.41, 5.74) is 6.30. The SMILES string of the molecule is CCNC(=O)N(C(=N)N)c1c(C)cc(OC(F)(F)F)cc1C. The van der Waals surface area contributed by atoms with Gasteiger partial charge in [-0.3, -0.25) is 5.41 Å². The van der Waals surface area contributed by atoms with Crippen LogP contribution >= 0.6 is 0 Å². The van der Waals surface area contributed by atoms with Gasteiger partial charge in [0.25, 0.3) is 0 Å². The number of hydrogen-bond acceptors (Lipinski definition) is 3. The summed E-state index contributed by atoms with van der Waals surface area (Å²) in [4.78, 5) is 12.9. The fraction of sp³-hybridized carbons (Fsp3) is 0.385. The van der Waals surface area contributed by atoms with Crippen molar-refractivity contribution < 1.29 is 22.7 Å². The van der Waals surface area contributed by atoms with Crippen molar-refractivity contribution >= 4 is 17.7 Å². The number of urea groups is 1. The molecule has 6 nitrogen and oxygen atoms in total. The van der Waals surface area contributed by atoms with Crippen LogP contribution in [-0.4, -0.2) is 24.9 Å². The first-order valence-corrected chi connectivity index (χ1v) is 6.35. The summed E-state index contributed by atoms with van der Waals surface area (Å²) < 4.78 is 40.7. The van der Waals surface area contributed by atoms with Gasteiger partial charge >= 0.3 is 12.4 Å². The average Bonchev–Trinajstić information content (AvgIpc) is 2.31. The van der Waals surface area contributed by atoms with Crippen molar-refractivity contribution in [3.63, 3.8) is 0 Å². The molecule has 1 aromatic rings. The smallest absolute Gasteiger partial charge is 0.406 e. The molecule has 0 aliphatic heterocycles. The number of amides is 2. The van der Waals surface area contributed by atoms with Crippen molar-refractivity contribution in [1.82, 2.24) is 5.32 Å². The molecule has 4 N–H and O–H groups in total. The van der Waals surface area contributed by atoms with Gasteiger partial charge in [-0.1, -0.05) is 0 Å². The number of hydrogen-bond donors (Lipinski definition) is 3. The lowest BCUT2D eigenvalue weighted by atomic mass is 10.1. The minimum Gasteiger partial charge on any atom is -0.406 e. The van der Waals surface area contributed by atoms with Gasteiger partial charge in [0.1, 0.15) is 5.75 Å². The van der Waals surface area contributed by atoms with Crippen LogP contribution in [0.2, 0.25) is 0 Å². The molecule has 0 saturated carbocycles. The van der Waals surface area contributed by atoms with Gasteiger partial charge in [0.05, 0.1) is 5.69 Å². The predicted molar refractivity (Wildman–Crippen MR) is 76.1 cm³/mol. The molecule has 122 valence electrons. The monoisotopic (exact) mass is 318 g/mol. The van der Waals surface area contributed by atoms with E-state index in [1.54, 1.807) is 6.92 Å². The number of aryl methyl sites for hydroxylation is 2. The summed E-state index contributed by atoms with van der Waals surface area (Å²) in [5, 5.41) is 10.0. The van der Waals surface area contributed by atoms with Gasteiger partial charge in [0.15, 0.2) is 0 Å². The van der Waals surface area contributed by atoms with E-state index in [0.29, 0.717) is 17.7 Å². The van der Waals surface area contributed by atoms with Crippen molar-refractivity contribution in [1.29, 1.82) is 5.41 Å². The van der Waals surface area contributed by atoms with E-state index in [-0.39, 0.29) is 5.69 Å². The van der Waals surface area contributed by atoms with Crippen LogP contribution in [0.3, 0.4) is 0 Å². The Morgan fingerprint density at radius 3 is 2.23 bits per heavy atom. The summed E-state index contributed by atoms with van der Waals surface area (Å²) in [7, 11) is 0. The quantitative estimate of drug-likeness (QED) is 0.591. The van der Waals surface area contributed by atoms with Gasteiger partial charge in [-0.2, -0.15) is 0 Å². The fourth-order valence-electron chi connectivity index (χ4n) is 2.02. The zero-order chi connectivity index (χ0) is 17.1. The van der Waals surface area contributed by atoms with Crippen LogP contribution < -0.4 is 20.7 Å². The Hall–Kier alpha value is -2.45. The van der Waals surface area contributed by atoms with E-state index < -0.39 is 24.1 Å². The van der Waals surface area contributed by atoms with Crippen LogP contribution in [0.1, 0.15) is 18.1 Å². The first kappa shape index (κ1) is 17.6. The zero-order valence-corrected chi connectivity index (χ0v) is 12.3. The first-order chi connectivity index (χ1) is 10.1. The van der Waals surface area contributed by atoms with Crippen LogP contribution in [0.4, 0.5) is 23.7 Å². The van der Waals surface area contributed by atoms with E-state index in [1.165, 1.54) is 13.8 Å². The van der Waals surface area contributed by atoms with Crippen molar-refractivity contribution in [3.05, 3.63) is 23.3 Å². The second-order valence-electron chi connectivity index (χ2n) is 4.51. The molecule has 0 bridgehead atoms. The van der Waals surface area contributed by atoms with Gasteiger partial charge in [-0.25, -0.2) is 9.69 Å². The number of guanidine groups is 1. The Balaban J connectivity index is 3.29. The molecule has 0 aliphatic carbocycles. The summed E-state index contributed by atoms with van der Waals surface area (Å²) in [6.07, 6.45) is -4.81. The third kappa shape index (κ3) is 4.27. The Kier molecular flexibility index (Phi) is 5.23. The molecule has 1 rings (SSSR count). The summed E-state index contributed by atoms with van der Waals surface area (Å²) in [6.45, 7) is 5.01. The van der Waals surface area contributed by atoms with Crippen molar-refractivity contribution in [2.75, 3.05) is 11.4 Å². The second-order valence-corrected chi connectivity index (χ2v) is 4.51. The average molecular weight is 318 g/mol. The molecular weight excluding hydrogens is 301 g/mol. The molecule has 0 spiro atoms. The zero-order valence-electron chi connectivity index (χ0n) is 12.3. The Bertz CT molecular complexity index is 564. The molecule has 1 aromatic carbocycles. The topological polar surface area (TPSA) is 91.4 Å². The maximum Gasteiger partial charge on any atom is 0.573 e. The minimum absolute atomic E-state index is 0.243. The lowest BCUT2D eigenvalue weighted by molar-refractivity contribution is -0.274. The molecule has 2 amide bonds. The standard InChI is InChI=1S/C13H17F3N4O2/c1-4-19-12(21)20(11(17)18)10-7(2)5-9(6-8(10)3)22-13(14,15)16/h5-6H,4H2,1-3H3,(H3,17,18)(H,19,21). The number of carbonyl (C=O) groups excluding carboxylic acids is 1. The number of benzene rings is 1. The third-order valence-electron chi connectivity index (χ3n) is 2.69. The van der Waals surface area contributed by atoms with Crippen LogP contribution in [0.5, 0.6) is 5.75 Å². The van der Waals surface area contributed by atoms with E-state index in [0.717, 1.165) is 17.0 Å². The molecule has 0 heterocycles. The number of carbonyl (C=O) groups is 1. The Morgan fingerprint density at radius 2 is 1.86 bits per heavy atom. The van der Waals surface area contributed by atoms with Crippen molar-refractivity contribution in [3.8, 4) is 5.75 Å². The Morgan fingerprint density at radius 1 is 1.36 bits per heavy atom. The third-order valence-corrected chi connectivity index (χ3v) is 2.69. The summed E-state index contributed by atoms with van der Waals surface area (Å²) in [6, 6.07) is 1.63. The van der Waals surface area contributed by atoms with Crippen molar-refractivity contribution in [2.45, 2.75) is 27.1 Å². The number of anilines is 1. The number of alkyl halides is 3. The molecule has 0 unspecified atom stereocenters. The highest BCUT2D eigenvalue weighted by molar-refractivity contribution is 6.14. The number of nitrogens with two attached hydrogens (primary N) is 1. The van der Waals surface area contributed by atoms with Gasteiger partial charge in [-0.05, 0) is 44.0 Å².